The molecule has 0 saturated heterocycles. The van der Waals surface area contributed by atoms with Crippen LogP contribution in [-0.2, 0) is 6.54 Å². The first kappa shape index (κ1) is 20.9. The highest BCUT2D eigenvalue weighted by molar-refractivity contribution is 5.94. The van der Waals surface area contributed by atoms with E-state index in [1.807, 2.05) is 54.0 Å². The van der Waals surface area contributed by atoms with Crippen LogP contribution in [0.1, 0.15) is 29.3 Å². The zero-order valence-electron chi connectivity index (χ0n) is 17.5. The summed E-state index contributed by atoms with van der Waals surface area (Å²) in [6, 6.07) is 24.5. The van der Waals surface area contributed by atoms with Gasteiger partial charge >= 0.3 is 5.97 Å². The molecule has 1 aromatic heterocycles. The highest BCUT2D eigenvalue weighted by atomic mass is 16.4. The number of amidine groups is 1. The van der Waals surface area contributed by atoms with Crippen LogP contribution in [0.5, 0.6) is 0 Å². The van der Waals surface area contributed by atoms with Crippen LogP contribution in [0.25, 0.3) is 11.0 Å². The first-order valence-corrected chi connectivity index (χ1v) is 10.2. The molecule has 4 aromatic rings. The van der Waals surface area contributed by atoms with Crippen LogP contribution in [-0.4, -0.2) is 26.5 Å². The number of aromatic carboxylic acids is 1. The minimum Gasteiger partial charge on any atom is -0.478 e. The van der Waals surface area contributed by atoms with E-state index in [1.54, 1.807) is 18.2 Å². The number of aromatic nitrogens is 2. The summed E-state index contributed by atoms with van der Waals surface area (Å²) in [5.74, 6) is -0.136. The van der Waals surface area contributed by atoms with Crippen LogP contribution in [0.4, 0.5) is 11.6 Å². The summed E-state index contributed by atoms with van der Waals surface area (Å²) in [5, 5.41) is 22.2. The monoisotopic (exact) mass is 426 g/mol. The average molecular weight is 426 g/mol. The molecule has 0 atom stereocenters. The van der Waals surface area contributed by atoms with Crippen LogP contribution >= 0.6 is 0 Å². The number of fused-ring (bicyclic) bond motifs is 1. The Morgan fingerprint density at radius 2 is 1.72 bits per heavy atom. The fourth-order valence-corrected chi connectivity index (χ4v) is 3.23. The number of azo groups is 1. The summed E-state index contributed by atoms with van der Waals surface area (Å²) in [4.78, 5) is 16.0. The van der Waals surface area contributed by atoms with Gasteiger partial charge in [-0.3, -0.25) is 5.43 Å². The molecule has 8 nitrogen and oxygen atoms in total. The molecule has 1 heterocycles. The molecule has 0 spiro atoms. The van der Waals surface area contributed by atoms with Crippen LogP contribution in [0.15, 0.2) is 94.2 Å². The number of nitrogens with zero attached hydrogens (tertiary/aromatic N) is 5. The zero-order valence-corrected chi connectivity index (χ0v) is 17.5. The molecule has 0 aliphatic rings. The van der Waals surface area contributed by atoms with Gasteiger partial charge in [-0.2, -0.15) is 5.10 Å². The maximum atomic E-state index is 11.4. The number of rotatable bonds is 7. The number of carboxylic acids is 1. The lowest BCUT2D eigenvalue weighted by atomic mass is 10.2. The van der Waals surface area contributed by atoms with Crippen molar-refractivity contribution in [1.82, 2.24) is 9.55 Å². The van der Waals surface area contributed by atoms with Crippen molar-refractivity contribution < 1.29 is 9.90 Å². The van der Waals surface area contributed by atoms with Crippen molar-refractivity contribution in [3.05, 3.63) is 90.0 Å². The van der Waals surface area contributed by atoms with Crippen molar-refractivity contribution in [2.45, 2.75) is 19.9 Å². The third-order valence-electron chi connectivity index (χ3n) is 4.85. The highest BCUT2D eigenvalue weighted by Crippen LogP contribution is 2.23. The Balaban J connectivity index is 1.63. The summed E-state index contributed by atoms with van der Waals surface area (Å²) < 4.78 is 2.01. The number of para-hydroxylation sites is 3. The highest BCUT2D eigenvalue weighted by Gasteiger charge is 2.11. The van der Waals surface area contributed by atoms with Crippen molar-refractivity contribution in [2.75, 3.05) is 5.43 Å². The zero-order chi connectivity index (χ0) is 22.3. The SMILES string of the molecule is CC/C(N=Nc1nc2ccccc2n1Cc1ccccc1)=N\Nc1ccccc1C(=O)O. The molecule has 3 aromatic carbocycles. The smallest absolute Gasteiger partial charge is 0.337 e. The average Bonchev–Trinajstić information content (AvgIpc) is 3.17. The molecule has 0 fully saturated rings. The van der Waals surface area contributed by atoms with Gasteiger partial charge in [0.05, 0.1) is 28.8 Å². The van der Waals surface area contributed by atoms with Crippen LogP contribution < -0.4 is 5.43 Å². The van der Waals surface area contributed by atoms with Gasteiger partial charge in [-0.05, 0) is 29.8 Å². The van der Waals surface area contributed by atoms with E-state index in [2.05, 4.69) is 37.9 Å². The molecule has 0 unspecified atom stereocenters. The third-order valence-corrected chi connectivity index (χ3v) is 4.85. The largest absolute Gasteiger partial charge is 0.478 e. The second-order valence-electron chi connectivity index (χ2n) is 7.02. The van der Waals surface area contributed by atoms with Crippen molar-refractivity contribution >= 4 is 34.5 Å². The topological polar surface area (TPSA) is 104 Å². The van der Waals surface area contributed by atoms with Gasteiger partial charge in [-0.25, -0.2) is 9.78 Å². The molecular formula is C24H22N6O2. The van der Waals surface area contributed by atoms with E-state index >= 15 is 0 Å². The van der Waals surface area contributed by atoms with Gasteiger partial charge in [0.15, 0.2) is 5.84 Å². The number of benzene rings is 3. The number of carbonyl (C=O) groups is 1. The lowest BCUT2D eigenvalue weighted by Gasteiger charge is -2.07. The van der Waals surface area contributed by atoms with Gasteiger partial charge in [-0.1, -0.05) is 61.5 Å². The van der Waals surface area contributed by atoms with Crippen molar-refractivity contribution in [3.63, 3.8) is 0 Å². The number of carboxylic acid groups (broad SMARTS) is 1. The number of anilines is 1. The van der Waals surface area contributed by atoms with Crippen molar-refractivity contribution in [3.8, 4) is 0 Å². The van der Waals surface area contributed by atoms with E-state index < -0.39 is 5.97 Å². The number of hydrogen-bond acceptors (Lipinski definition) is 5. The number of nitrogens with one attached hydrogen (secondary N) is 1. The normalized spacial score (nSPS) is 11.8. The maximum Gasteiger partial charge on any atom is 0.337 e. The fourth-order valence-electron chi connectivity index (χ4n) is 3.23. The van der Waals surface area contributed by atoms with E-state index in [9.17, 15) is 9.90 Å². The maximum absolute atomic E-state index is 11.4. The Hall–Kier alpha value is -4.33. The molecule has 160 valence electrons. The fraction of sp³-hybridized carbons (Fsp3) is 0.125. The second-order valence-corrected chi connectivity index (χ2v) is 7.02. The van der Waals surface area contributed by atoms with Crippen LogP contribution in [0, 0.1) is 0 Å². The second kappa shape index (κ2) is 9.65. The van der Waals surface area contributed by atoms with Crippen molar-refractivity contribution in [2.24, 2.45) is 15.3 Å². The first-order chi connectivity index (χ1) is 15.7. The van der Waals surface area contributed by atoms with E-state index in [-0.39, 0.29) is 5.56 Å². The lowest BCUT2D eigenvalue weighted by Crippen LogP contribution is -2.04. The van der Waals surface area contributed by atoms with Crippen molar-refractivity contribution in [1.29, 1.82) is 0 Å². The summed E-state index contributed by atoms with van der Waals surface area (Å²) in [5.41, 5.74) is 6.24. The molecule has 0 bridgehead atoms. The molecule has 8 heteroatoms. The Kier molecular flexibility index (Phi) is 6.31. The molecule has 0 saturated carbocycles. The van der Waals surface area contributed by atoms with E-state index in [1.165, 1.54) is 6.07 Å². The van der Waals surface area contributed by atoms with E-state index in [0.717, 1.165) is 16.6 Å². The lowest BCUT2D eigenvalue weighted by molar-refractivity contribution is 0.0698. The summed E-state index contributed by atoms with van der Waals surface area (Å²) in [6.07, 6.45) is 0.505. The van der Waals surface area contributed by atoms with Gasteiger partial charge < -0.3 is 9.67 Å². The molecular weight excluding hydrogens is 404 g/mol. The number of hydrogen-bond donors (Lipinski definition) is 2. The number of imidazole rings is 1. The van der Waals surface area contributed by atoms with Gasteiger partial charge in [0.2, 0.25) is 0 Å². The molecule has 0 aliphatic carbocycles. The molecule has 0 aliphatic heterocycles. The Bertz CT molecular complexity index is 1290. The van der Waals surface area contributed by atoms with Crippen LogP contribution in [0.3, 0.4) is 0 Å². The van der Waals surface area contributed by atoms with Gasteiger partial charge in [-0.15, -0.1) is 10.2 Å². The van der Waals surface area contributed by atoms with Crippen LogP contribution in [0.2, 0.25) is 0 Å². The third kappa shape index (κ3) is 4.70. The predicted octanol–water partition coefficient (Wildman–Crippen LogP) is 5.70. The summed E-state index contributed by atoms with van der Waals surface area (Å²) in [7, 11) is 0. The van der Waals surface area contributed by atoms with Gasteiger partial charge in [0.25, 0.3) is 5.95 Å². The Labute approximate surface area is 185 Å². The Morgan fingerprint density at radius 1 is 1.00 bits per heavy atom. The minimum atomic E-state index is -1.03. The Morgan fingerprint density at radius 3 is 2.50 bits per heavy atom. The molecule has 0 radical (unpaired) electrons. The first-order valence-electron chi connectivity index (χ1n) is 10.2. The molecule has 2 N–H and O–H groups in total. The molecule has 4 rings (SSSR count). The van der Waals surface area contributed by atoms with E-state index in [4.69, 9.17) is 0 Å². The molecule has 32 heavy (non-hydrogen) atoms. The standard InChI is InChI=1S/C24H22N6O2/c1-2-22(27-26-19-13-7-6-12-18(19)23(31)32)28-29-24-25-20-14-8-9-15-21(20)30(24)16-17-10-4-3-5-11-17/h3-15,26H,2,16H2,1H3,(H,31,32)/b27-22+,29-28?. The minimum absolute atomic E-state index is 0.133. The quantitative estimate of drug-likeness (QED) is 0.171. The number of hydrazone groups is 1. The molecule has 0 amide bonds. The van der Waals surface area contributed by atoms with E-state index in [0.29, 0.717) is 30.4 Å². The summed E-state index contributed by atoms with van der Waals surface area (Å²) >= 11 is 0. The summed E-state index contributed by atoms with van der Waals surface area (Å²) in [6.45, 7) is 2.51. The van der Waals surface area contributed by atoms with Gasteiger partial charge in [0, 0.05) is 6.42 Å². The van der Waals surface area contributed by atoms with Gasteiger partial charge in [0.1, 0.15) is 0 Å². The predicted molar refractivity (Wildman–Crippen MR) is 125 cm³/mol.